The quantitative estimate of drug-likeness (QED) is 0.932. The second-order valence-corrected chi connectivity index (χ2v) is 6.60. The molecule has 6 heteroatoms. The van der Waals surface area contributed by atoms with Crippen molar-refractivity contribution in [3.8, 4) is 0 Å². The molecule has 0 aromatic heterocycles. The molecule has 1 aliphatic heterocycles. The fourth-order valence-electron chi connectivity index (χ4n) is 2.61. The van der Waals surface area contributed by atoms with Gasteiger partial charge < -0.3 is 5.32 Å². The molecule has 1 aromatic rings. The normalized spacial score (nSPS) is 22.2. The van der Waals surface area contributed by atoms with Crippen molar-refractivity contribution in [1.29, 1.82) is 0 Å². The largest absolute Gasteiger partial charge is 0.304 e. The van der Waals surface area contributed by atoms with Gasteiger partial charge in [0.2, 0.25) is 11.8 Å². The molecule has 5 nitrogen and oxygen atoms in total. The Labute approximate surface area is 135 Å². The molecule has 1 aliphatic rings. The maximum absolute atomic E-state index is 12.2. The fraction of sp³-hybridized carbons (Fsp3) is 0.438. The molecular weight excluding hydrogens is 298 g/mol. The van der Waals surface area contributed by atoms with E-state index >= 15 is 0 Å². The van der Waals surface area contributed by atoms with E-state index in [0.717, 1.165) is 12.0 Å². The molecule has 118 valence electrons. The molecule has 2 atom stereocenters. The number of rotatable bonds is 3. The molecule has 0 saturated carbocycles. The maximum atomic E-state index is 12.2. The molecule has 2 rings (SSSR count). The van der Waals surface area contributed by atoms with Crippen LogP contribution in [0.25, 0.3) is 0 Å². The number of hydrogen-bond donors (Lipinski definition) is 1. The first-order chi connectivity index (χ1) is 10.4. The van der Waals surface area contributed by atoms with Gasteiger partial charge in [-0.05, 0) is 11.5 Å². The number of benzene rings is 1. The number of nitrogens with zero attached hydrogens (tertiary/aromatic N) is 2. The van der Waals surface area contributed by atoms with Crippen LogP contribution in [-0.2, 0) is 14.5 Å². The highest BCUT2D eigenvalue weighted by molar-refractivity contribution is 8.14. The molecule has 1 N–H and O–H groups in total. The van der Waals surface area contributed by atoms with Crippen molar-refractivity contribution in [1.82, 2.24) is 10.3 Å². The fourth-order valence-corrected chi connectivity index (χ4v) is 4.10. The van der Waals surface area contributed by atoms with E-state index in [1.165, 1.54) is 30.6 Å². The van der Waals surface area contributed by atoms with E-state index in [1.807, 2.05) is 30.3 Å². The van der Waals surface area contributed by atoms with Crippen molar-refractivity contribution in [2.45, 2.75) is 39.0 Å². The second kappa shape index (κ2) is 6.52. The molecule has 0 radical (unpaired) electrons. The third kappa shape index (κ3) is 2.88. The summed E-state index contributed by atoms with van der Waals surface area (Å²) in [4.78, 5) is 22.9. The summed E-state index contributed by atoms with van der Waals surface area (Å²) >= 11 is 1.43. The number of thioether (sulfide) groups is 1. The first-order valence-electron chi connectivity index (χ1n) is 7.33. The summed E-state index contributed by atoms with van der Waals surface area (Å²) in [6.45, 7) is 7.13. The molecule has 0 aliphatic carbocycles. The van der Waals surface area contributed by atoms with E-state index < -0.39 is 4.87 Å². The molecule has 1 heterocycles. The topological polar surface area (TPSA) is 61.8 Å². The van der Waals surface area contributed by atoms with E-state index in [1.54, 1.807) is 0 Å². The lowest BCUT2D eigenvalue weighted by molar-refractivity contribution is -0.133. The predicted octanol–water partition coefficient (Wildman–Crippen LogP) is 2.89. The van der Waals surface area contributed by atoms with E-state index in [-0.39, 0.29) is 17.7 Å². The average Bonchev–Trinajstić information content (AvgIpc) is 2.87. The molecule has 0 saturated heterocycles. The van der Waals surface area contributed by atoms with Gasteiger partial charge in [0.1, 0.15) is 4.87 Å². The third-order valence-corrected chi connectivity index (χ3v) is 5.31. The van der Waals surface area contributed by atoms with Crippen LogP contribution >= 0.6 is 11.8 Å². The molecule has 22 heavy (non-hydrogen) atoms. The van der Waals surface area contributed by atoms with Crippen LogP contribution in [0.3, 0.4) is 0 Å². The lowest BCUT2D eigenvalue weighted by atomic mass is 9.91. The Morgan fingerprint density at radius 2 is 1.95 bits per heavy atom. The zero-order valence-corrected chi connectivity index (χ0v) is 14.1. The number of amidine groups is 1. The lowest BCUT2D eigenvalue weighted by Gasteiger charge is -2.39. The lowest BCUT2D eigenvalue weighted by Crippen LogP contribution is -2.45. The van der Waals surface area contributed by atoms with Gasteiger partial charge >= 0.3 is 0 Å². The Balaban J connectivity index is 2.53. The Kier molecular flexibility index (Phi) is 4.90. The number of hydrazone groups is 1. The van der Waals surface area contributed by atoms with Crippen molar-refractivity contribution in [2.75, 3.05) is 0 Å². The maximum Gasteiger partial charge on any atom is 0.241 e. The molecular formula is C16H21N3O2S. The summed E-state index contributed by atoms with van der Waals surface area (Å²) in [5.41, 5.74) is 1.01. The number of nitrogens with one attached hydrogen (secondary N) is 1. The second-order valence-electron chi connectivity index (χ2n) is 5.39. The number of carbonyl (C=O) groups is 2. The minimum Gasteiger partial charge on any atom is -0.304 e. The van der Waals surface area contributed by atoms with Gasteiger partial charge in [0.05, 0.1) is 0 Å². The van der Waals surface area contributed by atoms with E-state index in [9.17, 15) is 9.59 Å². The number of amides is 2. The van der Waals surface area contributed by atoms with Gasteiger partial charge in [0.15, 0.2) is 5.17 Å². The van der Waals surface area contributed by atoms with Crippen LogP contribution in [-0.4, -0.2) is 22.0 Å². The highest BCUT2D eigenvalue weighted by atomic mass is 32.2. The average molecular weight is 319 g/mol. The van der Waals surface area contributed by atoms with Gasteiger partial charge in [0.25, 0.3) is 0 Å². The van der Waals surface area contributed by atoms with E-state index in [4.69, 9.17) is 0 Å². The van der Waals surface area contributed by atoms with Crippen LogP contribution in [0.1, 0.15) is 39.7 Å². The first-order valence-corrected chi connectivity index (χ1v) is 8.15. The van der Waals surface area contributed by atoms with Gasteiger partial charge in [-0.2, -0.15) is 0 Å². The zero-order valence-electron chi connectivity index (χ0n) is 13.3. The van der Waals surface area contributed by atoms with Crippen molar-refractivity contribution >= 4 is 28.7 Å². The van der Waals surface area contributed by atoms with Crippen LogP contribution < -0.4 is 5.32 Å². The van der Waals surface area contributed by atoms with Crippen LogP contribution in [0.15, 0.2) is 35.4 Å². The standard InChI is InChI=1S/C16H21N3O2S/c1-5-11(2)16(14-9-7-6-8-10-14)19(13(4)21)18-15(22-16)17-12(3)20/h6-11H,5H2,1-4H3,(H,17,18,20). The van der Waals surface area contributed by atoms with Crippen molar-refractivity contribution in [2.24, 2.45) is 11.0 Å². The third-order valence-electron chi connectivity index (χ3n) is 3.81. The minimum atomic E-state index is -0.625. The first kappa shape index (κ1) is 16.5. The van der Waals surface area contributed by atoms with Crippen LogP contribution in [0.5, 0.6) is 0 Å². The summed E-state index contributed by atoms with van der Waals surface area (Å²) in [6, 6.07) is 9.85. The van der Waals surface area contributed by atoms with Crippen LogP contribution in [0, 0.1) is 5.92 Å². The van der Waals surface area contributed by atoms with Crippen molar-refractivity contribution in [3.63, 3.8) is 0 Å². The molecule has 0 fully saturated rings. The number of carbonyl (C=O) groups excluding carboxylic acids is 2. The van der Waals surface area contributed by atoms with Gasteiger partial charge in [-0.1, -0.05) is 62.4 Å². The molecule has 1 aromatic carbocycles. The van der Waals surface area contributed by atoms with Gasteiger partial charge in [0, 0.05) is 13.8 Å². The Morgan fingerprint density at radius 3 is 2.45 bits per heavy atom. The molecule has 0 spiro atoms. The van der Waals surface area contributed by atoms with E-state index in [2.05, 4.69) is 24.3 Å². The highest BCUT2D eigenvalue weighted by Gasteiger charge is 2.50. The van der Waals surface area contributed by atoms with Gasteiger partial charge in [-0.25, -0.2) is 5.01 Å². The minimum absolute atomic E-state index is 0.142. The number of hydrogen-bond acceptors (Lipinski definition) is 4. The van der Waals surface area contributed by atoms with Gasteiger partial charge in [-0.3, -0.25) is 9.59 Å². The molecule has 2 unspecified atom stereocenters. The monoisotopic (exact) mass is 319 g/mol. The summed E-state index contributed by atoms with van der Waals surface area (Å²) in [5, 5.41) is 9.04. The van der Waals surface area contributed by atoms with Gasteiger partial charge in [-0.15, -0.1) is 5.10 Å². The van der Waals surface area contributed by atoms with Crippen LogP contribution in [0.2, 0.25) is 0 Å². The molecule has 2 amide bonds. The Morgan fingerprint density at radius 1 is 1.32 bits per heavy atom. The molecule has 0 bridgehead atoms. The Hall–Kier alpha value is -1.82. The summed E-state index contributed by atoms with van der Waals surface area (Å²) in [7, 11) is 0. The Bertz CT molecular complexity index is 603. The SMILES string of the molecule is CCC(C)C1(c2ccccc2)SC(NC(C)=O)=NN1C(C)=O. The summed E-state index contributed by atoms with van der Waals surface area (Å²) in [5.74, 6) is -0.168. The van der Waals surface area contributed by atoms with Crippen molar-refractivity contribution in [3.05, 3.63) is 35.9 Å². The predicted molar refractivity (Wildman–Crippen MR) is 88.9 cm³/mol. The van der Waals surface area contributed by atoms with Crippen LogP contribution in [0.4, 0.5) is 0 Å². The van der Waals surface area contributed by atoms with Crippen molar-refractivity contribution < 1.29 is 9.59 Å². The van der Waals surface area contributed by atoms with E-state index in [0.29, 0.717) is 5.17 Å². The smallest absolute Gasteiger partial charge is 0.241 e. The highest BCUT2D eigenvalue weighted by Crippen LogP contribution is 2.51. The summed E-state index contributed by atoms with van der Waals surface area (Å²) < 4.78 is 0. The summed E-state index contributed by atoms with van der Waals surface area (Å²) in [6.07, 6.45) is 0.883. The zero-order chi connectivity index (χ0) is 16.3.